The molecule has 7 heteroatoms. The van der Waals surface area contributed by atoms with Crippen LogP contribution in [0, 0.1) is 0 Å². The molecular formula is C20H35IN4O2. The molecular weight excluding hydrogens is 455 g/mol. The van der Waals surface area contributed by atoms with E-state index in [-0.39, 0.29) is 24.0 Å². The molecule has 0 amide bonds. The second-order valence-corrected chi connectivity index (χ2v) is 6.52. The van der Waals surface area contributed by atoms with Crippen LogP contribution in [0.15, 0.2) is 29.3 Å². The maximum Gasteiger partial charge on any atom is 0.191 e. The zero-order valence-corrected chi connectivity index (χ0v) is 19.2. The zero-order chi connectivity index (χ0) is 18.6. The molecule has 1 heterocycles. The Morgan fingerprint density at radius 2 is 1.85 bits per heavy atom. The normalized spacial score (nSPS) is 15.9. The number of benzene rings is 1. The van der Waals surface area contributed by atoms with Gasteiger partial charge < -0.3 is 20.1 Å². The maximum atomic E-state index is 5.30. The fourth-order valence-electron chi connectivity index (χ4n) is 3.25. The van der Waals surface area contributed by atoms with Crippen molar-refractivity contribution in [3.8, 4) is 5.75 Å². The van der Waals surface area contributed by atoms with Gasteiger partial charge >= 0.3 is 0 Å². The molecule has 1 fully saturated rings. The minimum atomic E-state index is 0. The molecule has 2 rings (SSSR count). The Hall–Kier alpha value is -1.06. The van der Waals surface area contributed by atoms with Crippen LogP contribution < -0.4 is 15.4 Å². The first-order valence-electron chi connectivity index (χ1n) is 9.67. The number of halogens is 1. The smallest absolute Gasteiger partial charge is 0.191 e. The minimum absolute atomic E-state index is 0. The lowest BCUT2D eigenvalue weighted by Crippen LogP contribution is -2.39. The number of methoxy groups -OCH3 is 2. The Bertz CT molecular complexity index is 533. The van der Waals surface area contributed by atoms with Crippen LogP contribution in [0.2, 0.25) is 0 Å². The fourth-order valence-corrected chi connectivity index (χ4v) is 3.25. The van der Waals surface area contributed by atoms with Crippen molar-refractivity contribution >= 4 is 29.9 Å². The Morgan fingerprint density at radius 1 is 1.15 bits per heavy atom. The average molecular weight is 490 g/mol. The third-order valence-corrected chi connectivity index (χ3v) is 4.67. The zero-order valence-electron chi connectivity index (χ0n) is 16.9. The molecule has 1 aromatic carbocycles. The summed E-state index contributed by atoms with van der Waals surface area (Å²) in [4.78, 5) is 7.40. The topological polar surface area (TPSA) is 58.1 Å². The van der Waals surface area contributed by atoms with Gasteiger partial charge in [-0.15, -0.1) is 24.0 Å². The number of nitrogens with one attached hydrogen (secondary N) is 2. The van der Waals surface area contributed by atoms with E-state index in [1.54, 1.807) is 14.2 Å². The Kier molecular flexibility index (Phi) is 12.4. The molecule has 0 bridgehead atoms. The van der Waals surface area contributed by atoms with Gasteiger partial charge in [-0.05, 0) is 57.0 Å². The molecule has 1 aromatic rings. The highest BCUT2D eigenvalue weighted by molar-refractivity contribution is 14.0. The quantitative estimate of drug-likeness (QED) is 0.229. The van der Waals surface area contributed by atoms with Crippen molar-refractivity contribution < 1.29 is 9.47 Å². The van der Waals surface area contributed by atoms with Gasteiger partial charge in [-0.25, -0.2) is 0 Å². The number of nitrogens with zero attached hydrogens (tertiary/aromatic N) is 2. The van der Waals surface area contributed by atoms with Gasteiger partial charge in [0, 0.05) is 26.8 Å². The summed E-state index contributed by atoms with van der Waals surface area (Å²) in [7, 11) is 3.43. The van der Waals surface area contributed by atoms with Gasteiger partial charge in [-0.2, -0.15) is 0 Å². The molecule has 1 saturated heterocycles. The number of ether oxygens (including phenoxy) is 2. The highest BCUT2D eigenvalue weighted by atomic mass is 127. The lowest BCUT2D eigenvalue weighted by atomic mass is 10.1. The number of rotatable bonds is 10. The molecule has 2 N–H and O–H groups in total. The van der Waals surface area contributed by atoms with Crippen molar-refractivity contribution in [2.75, 3.05) is 53.6 Å². The second kappa shape index (κ2) is 14.0. The summed E-state index contributed by atoms with van der Waals surface area (Å²) >= 11 is 0. The summed E-state index contributed by atoms with van der Waals surface area (Å²) in [6.45, 7) is 7.59. The molecule has 1 aliphatic rings. The Morgan fingerprint density at radius 3 is 2.44 bits per heavy atom. The molecule has 0 aliphatic carbocycles. The number of aliphatic imine (C=N–C) groups is 1. The predicted octanol–water partition coefficient (Wildman–Crippen LogP) is 3.04. The van der Waals surface area contributed by atoms with Crippen LogP contribution in [-0.4, -0.2) is 64.4 Å². The van der Waals surface area contributed by atoms with Crippen molar-refractivity contribution in [3.05, 3.63) is 29.8 Å². The first kappa shape index (κ1) is 24.0. The van der Waals surface area contributed by atoms with Crippen molar-refractivity contribution in [2.24, 2.45) is 4.99 Å². The lowest BCUT2D eigenvalue weighted by Gasteiger charge is -2.27. The molecule has 0 saturated carbocycles. The Balaban J connectivity index is 0.00000364. The highest BCUT2D eigenvalue weighted by Gasteiger charge is 2.23. The molecule has 0 spiro atoms. The van der Waals surface area contributed by atoms with E-state index in [4.69, 9.17) is 14.5 Å². The van der Waals surface area contributed by atoms with E-state index in [1.807, 2.05) is 12.1 Å². The molecule has 1 atom stereocenters. The number of hydrogen-bond donors (Lipinski definition) is 2. The van der Waals surface area contributed by atoms with Crippen LogP contribution in [0.3, 0.4) is 0 Å². The summed E-state index contributed by atoms with van der Waals surface area (Å²) < 4.78 is 10.4. The third kappa shape index (κ3) is 8.23. The van der Waals surface area contributed by atoms with Crippen LogP contribution in [-0.2, 0) is 4.74 Å². The highest BCUT2D eigenvalue weighted by Crippen LogP contribution is 2.27. The van der Waals surface area contributed by atoms with Crippen molar-refractivity contribution in [3.63, 3.8) is 0 Å². The largest absolute Gasteiger partial charge is 0.497 e. The molecule has 6 nitrogen and oxygen atoms in total. The van der Waals surface area contributed by atoms with Gasteiger partial charge in [-0.1, -0.05) is 12.1 Å². The van der Waals surface area contributed by atoms with Crippen LogP contribution in [0.1, 0.15) is 37.8 Å². The number of guanidine groups is 1. The second-order valence-electron chi connectivity index (χ2n) is 6.52. The van der Waals surface area contributed by atoms with E-state index in [9.17, 15) is 0 Å². The van der Waals surface area contributed by atoms with Gasteiger partial charge in [0.05, 0.1) is 19.7 Å². The van der Waals surface area contributed by atoms with Gasteiger partial charge in [0.1, 0.15) is 5.75 Å². The van der Waals surface area contributed by atoms with Crippen molar-refractivity contribution in [1.82, 2.24) is 15.5 Å². The van der Waals surface area contributed by atoms with E-state index in [0.29, 0.717) is 6.04 Å². The summed E-state index contributed by atoms with van der Waals surface area (Å²) in [5, 5.41) is 6.73. The van der Waals surface area contributed by atoms with E-state index in [0.717, 1.165) is 57.5 Å². The first-order valence-corrected chi connectivity index (χ1v) is 9.67. The minimum Gasteiger partial charge on any atom is -0.497 e. The van der Waals surface area contributed by atoms with Gasteiger partial charge in [0.2, 0.25) is 0 Å². The van der Waals surface area contributed by atoms with Gasteiger partial charge in [0.25, 0.3) is 0 Å². The van der Waals surface area contributed by atoms with E-state index < -0.39 is 0 Å². The number of hydrogen-bond acceptors (Lipinski definition) is 4. The molecule has 0 aromatic heterocycles. The van der Waals surface area contributed by atoms with Crippen LogP contribution in [0.5, 0.6) is 5.75 Å². The molecule has 154 valence electrons. The summed E-state index contributed by atoms with van der Waals surface area (Å²) in [6, 6.07) is 8.71. The summed E-state index contributed by atoms with van der Waals surface area (Å²) in [6.07, 6.45) is 3.51. The van der Waals surface area contributed by atoms with Crippen LogP contribution in [0.25, 0.3) is 0 Å². The average Bonchev–Trinajstić information content (AvgIpc) is 3.20. The third-order valence-electron chi connectivity index (χ3n) is 4.67. The molecule has 27 heavy (non-hydrogen) atoms. The van der Waals surface area contributed by atoms with Gasteiger partial charge in [-0.3, -0.25) is 9.89 Å². The van der Waals surface area contributed by atoms with Crippen molar-refractivity contribution in [2.45, 2.75) is 32.2 Å². The summed E-state index contributed by atoms with van der Waals surface area (Å²) in [5.74, 6) is 1.77. The standard InChI is InChI=1S/C20H34N4O2.HI/c1-4-21-20(22-12-7-15-25-2)23-16-19(24-13-5-6-14-24)17-8-10-18(26-3)11-9-17;/h8-11,19H,4-7,12-16H2,1-3H3,(H2,21,22,23);1H. The van der Waals surface area contributed by atoms with Crippen molar-refractivity contribution in [1.29, 1.82) is 0 Å². The number of likely N-dealkylation sites (tertiary alicyclic amines) is 1. The van der Waals surface area contributed by atoms with E-state index in [1.165, 1.54) is 18.4 Å². The lowest BCUT2D eigenvalue weighted by molar-refractivity contribution is 0.195. The monoisotopic (exact) mass is 490 g/mol. The first-order chi connectivity index (χ1) is 12.8. The van der Waals surface area contributed by atoms with Crippen LogP contribution >= 0.6 is 24.0 Å². The van der Waals surface area contributed by atoms with Crippen LogP contribution in [0.4, 0.5) is 0 Å². The SMILES string of the molecule is CCNC(=NCC(c1ccc(OC)cc1)N1CCCC1)NCCCOC.I. The summed E-state index contributed by atoms with van der Waals surface area (Å²) in [5.41, 5.74) is 1.30. The molecule has 1 unspecified atom stereocenters. The van der Waals surface area contributed by atoms with E-state index >= 15 is 0 Å². The Labute approximate surface area is 181 Å². The maximum absolute atomic E-state index is 5.30. The molecule has 1 aliphatic heterocycles. The predicted molar refractivity (Wildman–Crippen MR) is 122 cm³/mol. The fraction of sp³-hybridized carbons (Fsp3) is 0.650. The molecule has 0 radical (unpaired) electrons. The van der Waals surface area contributed by atoms with Gasteiger partial charge in [0.15, 0.2) is 5.96 Å². The van der Waals surface area contributed by atoms with E-state index in [2.05, 4.69) is 34.6 Å².